The van der Waals surface area contributed by atoms with Crippen LogP contribution in [-0.4, -0.2) is 29.6 Å². The van der Waals surface area contributed by atoms with E-state index in [0.717, 1.165) is 36.7 Å². The van der Waals surface area contributed by atoms with E-state index < -0.39 is 0 Å². The zero-order chi connectivity index (χ0) is 13.8. The van der Waals surface area contributed by atoms with Crippen LogP contribution >= 0.6 is 12.4 Å². The molecule has 1 aromatic heterocycles. The average Bonchev–Trinajstić information content (AvgIpc) is 3.03. The van der Waals surface area contributed by atoms with Crippen LogP contribution in [0.15, 0.2) is 36.5 Å². The fourth-order valence-corrected chi connectivity index (χ4v) is 2.59. The molecule has 0 radical (unpaired) electrons. The predicted octanol–water partition coefficient (Wildman–Crippen LogP) is 2.67. The maximum absolute atomic E-state index is 5.57. The van der Waals surface area contributed by atoms with Crippen molar-refractivity contribution < 1.29 is 0 Å². The number of hydrogen-bond acceptors (Lipinski definition) is 4. The molecular weight excluding hydrogens is 284 g/mol. The normalized spacial score (nSPS) is 14.0. The molecule has 1 aliphatic rings. The van der Waals surface area contributed by atoms with Gasteiger partial charge in [0.25, 0.3) is 0 Å². The molecule has 3 rings (SSSR count). The molecule has 21 heavy (non-hydrogen) atoms. The maximum atomic E-state index is 5.57. The van der Waals surface area contributed by atoms with Gasteiger partial charge >= 0.3 is 0 Å². The van der Waals surface area contributed by atoms with Crippen LogP contribution in [0, 0.1) is 0 Å². The molecule has 2 aromatic rings. The Morgan fingerprint density at radius 3 is 2.43 bits per heavy atom. The van der Waals surface area contributed by atoms with Gasteiger partial charge in [-0.1, -0.05) is 24.3 Å². The third-order valence-electron chi connectivity index (χ3n) is 3.71. The van der Waals surface area contributed by atoms with Crippen molar-refractivity contribution in [3.63, 3.8) is 0 Å². The summed E-state index contributed by atoms with van der Waals surface area (Å²) in [4.78, 5) is 11.3. The largest absolute Gasteiger partial charge is 0.341 e. The van der Waals surface area contributed by atoms with E-state index in [1.165, 1.54) is 18.4 Å². The van der Waals surface area contributed by atoms with Gasteiger partial charge in [-0.2, -0.15) is 0 Å². The minimum absolute atomic E-state index is 0. The molecule has 2 N–H and O–H groups in total. The van der Waals surface area contributed by atoms with E-state index in [9.17, 15) is 0 Å². The molecule has 0 spiro atoms. The van der Waals surface area contributed by atoms with Crippen LogP contribution in [0.4, 0.5) is 5.95 Å². The number of halogens is 1. The number of benzene rings is 1. The molecule has 2 heterocycles. The van der Waals surface area contributed by atoms with Crippen LogP contribution in [0.1, 0.15) is 18.4 Å². The highest BCUT2D eigenvalue weighted by Crippen LogP contribution is 2.21. The molecule has 4 nitrogen and oxygen atoms in total. The first-order chi connectivity index (χ1) is 9.86. The molecule has 1 aromatic carbocycles. The molecule has 1 saturated heterocycles. The number of hydrogen-bond donors (Lipinski definition) is 1. The second kappa shape index (κ2) is 7.38. The van der Waals surface area contributed by atoms with Gasteiger partial charge in [-0.05, 0) is 37.4 Å². The molecule has 0 saturated carbocycles. The lowest BCUT2D eigenvalue weighted by Gasteiger charge is -2.15. The first-order valence-corrected chi connectivity index (χ1v) is 7.24. The second-order valence-corrected chi connectivity index (χ2v) is 5.17. The molecule has 0 amide bonds. The standard InChI is InChI=1S/C16H20N4.ClH/c17-9-7-13-3-5-14(6-4-13)15-8-10-18-16(19-15)20-11-1-2-12-20;/h3-6,8,10H,1-2,7,9,11-12,17H2;1H. The molecule has 5 heteroatoms. The monoisotopic (exact) mass is 304 g/mol. The summed E-state index contributed by atoms with van der Waals surface area (Å²) in [5.41, 5.74) is 8.96. The van der Waals surface area contributed by atoms with Gasteiger partial charge in [0.05, 0.1) is 5.69 Å². The Balaban J connectivity index is 0.00000161. The highest BCUT2D eigenvalue weighted by molar-refractivity contribution is 5.85. The van der Waals surface area contributed by atoms with E-state index in [1.807, 2.05) is 12.3 Å². The highest BCUT2D eigenvalue weighted by atomic mass is 35.5. The van der Waals surface area contributed by atoms with Crippen molar-refractivity contribution in [3.8, 4) is 11.3 Å². The van der Waals surface area contributed by atoms with Gasteiger partial charge in [0.2, 0.25) is 5.95 Å². The molecule has 0 bridgehead atoms. The molecule has 0 atom stereocenters. The van der Waals surface area contributed by atoms with Gasteiger partial charge in [-0.15, -0.1) is 12.4 Å². The van der Waals surface area contributed by atoms with Crippen molar-refractivity contribution >= 4 is 18.4 Å². The summed E-state index contributed by atoms with van der Waals surface area (Å²) in [6.07, 6.45) is 5.25. The minimum atomic E-state index is 0. The quantitative estimate of drug-likeness (QED) is 0.943. The lowest BCUT2D eigenvalue weighted by Crippen LogP contribution is -2.20. The maximum Gasteiger partial charge on any atom is 0.225 e. The van der Waals surface area contributed by atoms with Crippen LogP contribution in [0.25, 0.3) is 11.3 Å². The SMILES string of the molecule is Cl.NCCc1ccc(-c2ccnc(N3CCCC3)n2)cc1. The third-order valence-corrected chi connectivity index (χ3v) is 3.71. The first kappa shape index (κ1) is 15.7. The van der Waals surface area contributed by atoms with Crippen LogP contribution in [-0.2, 0) is 6.42 Å². The third kappa shape index (κ3) is 3.71. The lowest BCUT2D eigenvalue weighted by atomic mass is 10.1. The molecular formula is C16H21ClN4. The fourth-order valence-electron chi connectivity index (χ4n) is 2.59. The molecule has 0 unspecified atom stereocenters. The van der Waals surface area contributed by atoms with Crippen LogP contribution in [0.2, 0.25) is 0 Å². The Morgan fingerprint density at radius 1 is 1.05 bits per heavy atom. The summed E-state index contributed by atoms with van der Waals surface area (Å²) in [5.74, 6) is 0.853. The van der Waals surface area contributed by atoms with E-state index in [0.29, 0.717) is 6.54 Å². The molecule has 0 aliphatic carbocycles. The van der Waals surface area contributed by atoms with Crippen LogP contribution in [0.5, 0.6) is 0 Å². The Morgan fingerprint density at radius 2 is 1.76 bits per heavy atom. The van der Waals surface area contributed by atoms with Crippen molar-refractivity contribution in [2.24, 2.45) is 5.73 Å². The summed E-state index contributed by atoms with van der Waals surface area (Å²) in [5, 5.41) is 0. The zero-order valence-electron chi connectivity index (χ0n) is 12.0. The molecule has 1 aliphatic heterocycles. The average molecular weight is 305 g/mol. The van der Waals surface area contributed by atoms with E-state index in [4.69, 9.17) is 10.7 Å². The summed E-state index contributed by atoms with van der Waals surface area (Å²) >= 11 is 0. The molecule has 1 fully saturated rings. The minimum Gasteiger partial charge on any atom is -0.341 e. The summed E-state index contributed by atoms with van der Waals surface area (Å²) in [6, 6.07) is 10.4. The second-order valence-electron chi connectivity index (χ2n) is 5.17. The number of nitrogens with two attached hydrogens (primary N) is 1. The number of aromatic nitrogens is 2. The Kier molecular flexibility index (Phi) is 5.53. The Hall–Kier alpha value is -1.65. The van der Waals surface area contributed by atoms with E-state index in [1.54, 1.807) is 0 Å². The summed E-state index contributed by atoms with van der Waals surface area (Å²) < 4.78 is 0. The van der Waals surface area contributed by atoms with Gasteiger partial charge < -0.3 is 10.6 Å². The summed E-state index contributed by atoms with van der Waals surface area (Å²) in [7, 11) is 0. The van der Waals surface area contributed by atoms with Gasteiger partial charge in [-0.25, -0.2) is 9.97 Å². The van der Waals surface area contributed by atoms with Gasteiger partial charge in [0.15, 0.2) is 0 Å². The first-order valence-electron chi connectivity index (χ1n) is 7.24. The van der Waals surface area contributed by atoms with Gasteiger partial charge in [-0.3, -0.25) is 0 Å². The van der Waals surface area contributed by atoms with Crippen LogP contribution in [0.3, 0.4) is 0 Å². The van der Waals surface area contributed by atoms with Crippen molar-refractivity contribution in [1.29, 1.82) is 0 Å². The summed E-state index contributed by atoms with van der Waals surface area (Å²) in [6.45, 7) is 2.82. The number of nitrogens with zero attached hydrogens (tertiary/aromatic N) is 3. The van der Waals surface area contributed by atoms with E-state index in [-0.39, 0.29) is 12.4 Å². The predicted molar refractivity (Wildman–Crippen MR) is 88.9 cm³/mol. The number of rotatable bonds is 4. The Bertz CT molecular complexity index is 565. The van der Waals surface area contributed by atoms with Crippen molar-refractivity contribution in [2.75, 3.05) is 24.5 Å². The number of anilines is 1. The molecule has 112 valence electrons. The van der Waals surface area contributed by atoms with Crippen LogP contribution < -0.4 is 10.6 Å². The zero-order valence-corrected chi connectivity index (χ0v) is 12.9. The fraction of sp³-hybridized carbons (Fsp3) is 0.375. The van der Waals surface area contributed by atoms with Gasteiger partial charge in [0.1, 0.15) is 0 Å². The topological polar surface area (TPSA) is 55.0 Å². The highest BCUT2D eigenvalue weighted by Gasteiger charge is 2.15. The van der Waals surface area contributed by atoms with E-state index in [2.05, 4.69) is 34.1 Å². The smallest absolute Gasteiger partial charge is 0.225 e. The van der Waals surface area contributed by atoms with Gasteiger partial charge in [0, 0.05) is 24.8 Å². The van der Waals surface area contributed by atoms with E-state index >= 15 is 0 Å². The van der Waals surface area contributed by atoms with Crippen molar-refractivity contribution in [1.82, 2.24) is 9.97 Å². The Labute approximate surface area is 131 Å². The van der Waals surface area contributed by atoms with Crippen molar-refractivity contribution in [3.05, 3.63) is 42.1 Å². The lowest BCUT2D eigenvalue weighted by molar-refractivity contribution is 0.900. The van der Waals surface area contributed by atoms with Crippen molar-refractivity contribution in [2.45, 2.75) is 19.3 Å².